The topological polar surface area (TPSA) is 26.3 Å². The van der Waals surface area contributed by atoms with Crippen molar-refractivity contribution < 1.29 is 13.6 Å². The predicted molar refractivity (Wildman–Crippen MR) is 53.2 cm³/mol. The first-order valence-corrected chi connectivity index (χ1v) is 4.72. The van der Waals surface area contributed by atoms with E-state index >= 15 is 0 Å². The van der Waals surface area contributed by atoms with Crippen LogP contribution < -0.4 is 0 Å². The third-order valence-electron chi connectivity index (χ3n) is 1.34. The van der Waals surface area contributed by atoms with E-state index in [0.29, 0.717) is 6.42 Å². The second kappa shape index (κ2) is 4.54. The standard InChI is InChI=1S/C8H9Cl3O2/c9-8(10,11)7(12)13-6-4-2-1-3-5-6/h2,4,6H,1,3,5H2/i4D,5D2. The van der Waals surface area contributed by atoms with Gasteiger partial charge in [0.05, 0.1) is 1.37 Å². The van der Waals surface area contributed by atoms with Crippen LogP contribution in [0, 0.1) is 0 Å². The molecule has 1 aliphatic rings. The molecule has 0 radical (unpaired) electrons. The molecule has 1 unspecified atom stereocenters. The molecule has 0 aromatic rings. The van der Waals surface area contributed by atoms with Crippen LogP contribution in [0.1, 0.15) is 23.3 Å². The van der Waals surface area contributed by atoms with Crippen LogP contribution in [-0.4, -0.2) is 15.9 Å². The lowest BCUT2D eigenvalue weighted by Gasteiger charge is -2.19. The zero-order chi connectivity index (χ0) is 12.6. The normalized spacial score (nSPS) is 30.8. The van der Waals surface area contributed by atoms with Gasteiger partial charge in [-0.05, 0) is 25.3 Å². The Labute approximate surface area is 96.0 Å². The van der Waals surface area contributed by atoms with Crippen LogP contribution in [0.4, 0.5) is 0 Å². The minimum Gasteiger partial charge on any atom is -0.455 e. The highest BCUT2D eigenvalue weighted by molar-refractivity contribution is 6.75. The molecule has 0 saturated carbocycles. The van der Waals surface area contributed by atoms with Crippen molar-refractivity contribution in [3.05, 3.63) is 12.1 Å². The van der Waals surface area contributed by atoms with Gasteiger partial charge in [0.2, 0.25) is 0 Å². The minimum atomic E-state index is -2.26. The summed E-state index contributed by atoms with van der Waals surface area (Å²) >= 11 is 15.9. The van der Waals surface area contributed by atoms with Gasteiger partial charge in [0, 0.05) is 2.74 Å². The molecule has 0 N–H and O–H groups in total. The molecule has 74 valence electrons. The van der Waals surface area contributed by atoms with Crippen molar-refractivity contribution in [1.29, 1.82) is 0 Å². The van der Waals surface area contributed by atoms with Crippen molar-refractivity contribution in [2.24, 2.45) is 0 Å². The number of hydrogen-bond donors (Lipinski definition) is 0. The van der Waals surface area contributed by atoms with Crippen molar-refractivity contribution in [3.8, 4) is 0 Å². The second-order valence-corrected chi connectivity index (χ2v) is 4.68. The second-order valence-electron chi connectivity index (χ2n) is 2.40. The largest absolute Gasteiger partial charge is 0.455 e. The van der Waals surface area contributed by atoms with E-state index in [0.717, 1.165) is 0 Å². The number of rotatable bonds is 1. The van der Waals surface area contributed by atoms with Crippen molar-refractivity contribution in [2.45, 2.75) is 29.1 Å². The quantitative estimate of drug-likeness (QED) is 0.404. The Hall–Kier alpha value is 0.0800. The van der Waals surface area contributed by atoms with Crippen molar-refractivity contribution in [3.63, 3.8) is 0 Å². The smallest absolute Gasteiger partial charge is 0.359 e. The van der Waals surface area contributed by atoms with Crippen LogP contribution >= 0.6 is 34.8 Å². The highest BCUT2D eigenvalue weighted by Crippen LogP contribution is 2.29. The lowest BCUT2D eigenvalue weighted by Crippen LogP contribution is -2.27. The lowest BCUT2D eigenvalue weighted by molar-refractivity contribution is -0.146. The molecule has 13 heavy (non-hydrogen) atoms. The Kier molecular flexibility index (Phi) is 2.58. The SMILES string of the molecule is [2H]C1=CCCC([2H])([2H])C1OC(=O)C(Cl)(Cl)Cl. The fraction of sp³-hybridized carbons (Fsp3) is 0.625. The molecule has 1 aliphatic carbocycles. The van der Waals surface area contributed by atoms with E-state index in [2.05, 4.69) is 0 Å². The Morgan fingerprint density at radius 2 is 2.38 bits per heavy atom. The van der Waals surface area contributed by atoms with Gasteiger partial charge in [-0.15, -0.1) is 0 Å². The molecule has 0 heterocycles. The number of esters is 1. The number of hydrogen-bond acceptors (Lipinski definition) is 2. The fourth-order valence-electron chi connectivity index (χ4n) is 0.785. The average Bonchev–Trinajstić information content (AvgIpc) is 2.09. The third kappa shape index (κ3) is 3.75. The van der Waals surface area contributed by atoms with E-state index in [1.54, 1.807) is 0 Å². The van der Waals surface area contributed by atoms with Crippen LogP contribution in [0.5, 0.6) is 0 Å². The van der Waals surface area contributed by atoms with Gasteiger partial charge in [0.1, 0.15) is 6.10 Å². The van der Waals surface area contributed by atoms with Gasteiger partial charge >= 0.3 is 5.97 Å². The molecule has 1 atom stereocenters. The van der Waals surface area contributed by atoms with Crippen molar-refractivity contribution in [1.82, 2.24) is 0 Å². The zero-order valence-electron chi connectivity index (χ0n) is 9.52. The maximum atomic E-state index is 11.3. The first-order chi connectivity index (χ1) is 7.14. The summed E-state index contributed by atoms with van der Waals surface area (Å²) in [6.07, 6.45) is -1.06. The van der Waals surface area contributed by atoms with Gasteiger partial charge in [-0.1, -0.05) is 40.9 Å². The molecule has 0 bridgehead atoms. The number of halogens is 3. The van der Waals surface area contributed by atoms with Crippen LogP contribution in [0.15, 0.2) is 12.1 Å². The minimum absolute atomic E-state index is 0.112. The van der Waals surface area contributed by atoms with Crippen LogP contribution in [-0.2, 0) is 9.53 Å². The van der Waals surface area contributed by atoms with Crippen LogP contribution in [0.3, 0.4) is 0 Å². The molecular weight excluding hydrogens is 234 g/mol. The van der Waals surface area contributed by atoms with E-state index in [9.17, 15) is 4.79 Å². The fourth-order valence-corrected chi connectivity index (χ4v) is 0.919. The van der Waals surface area contributed by atoms with Gasteiger partial charge in [-0.2, -0.15) is 0 Å². The maximum Gasteiger partial charge on any atom is 0.359 e. The number of ether oxygens (including phenoxy) is 1. The summed E-state index contributed by atoms with van der Waals surface area (Å²) in [5.41, 5.74) is 0. The number of alkyl halides is 3. The molecule has 0 spiro atoms. The molecule has 0 fully saturated rings. The molecule has 0 aliphatic heterocycles. The summed E-state index contributed by atoms with van der Waals surface area (Å²) in [6.45, 7) is 0. The zero-order valence-corrected chi connectivity index (χ0v) is 8.79. The van der Waals surface area contributed by atoms with Gasteiger partial charge in [-0.25, -0.2) is 4.79 Å². The van der Waals surface area contributed by atoms with E-state index < -0.39 is 22.2 Å². The summed E-state index contributed by atoms with van der Waals surface area (Å²) in [5.74, 6) is -1.17. The molecule has 2 nitrogen and oxygen atoms in total. The predicted octanol–water partition coefficient (Wildman–Crippen LogP) is 3.01. The summed E-state index contributed by atoms with van der Waals surface area (Å²) in [4.78, 5) is 11.3. The lowest BCUT2D eigenvalue weighted by atomic mass is 10.1. The molecule has 0 aromatic heterocycles. The van der Waals surface area contributed by atoms with Gasteiger partial charge in [-0.3, -0.25) is 0 Å². The summed E-state index contributed by atoms with van der Waals surface area (Å²) < 4.78 is 25.2. The molecular formula is C8H9Cl3O2. The van der Waals surface area contributed by atoms with E-state index in [4.69, 9.17) is 43.7 Å². The maximum absolute atomic E-state index is 11.3. The van der Waals surface area contributed by atoms with Crippen molar-refractivity contribution in [2.75, 3.05) is 0 Å². The summed E-state index contributed by atoms with van der Waals surface area (Å²) in [5, 5.41) is 0. The van der Waals surface area contributed by atoms with Gasteiger partial charge in [0.25, 0.3) is 3.79 Å². The summed E-state index contributed by atoms with van der Waals surface area (Å²) in [6, 6.07) is -0.112. The monoisotopic (exact) mass is 245 g/mol. The Balaban J connectivity index is 2.82. The average molecular weight is 247 g/mol. The number of allylic oxidation sites excluding steroid dienone is 1. The van der Waals surface area contributed by atoms with Crippen LogP contribution in [0.2, 0.25) is 0 Å². The highest BCUT2D eigenvalue weighted by Gasteiger charge is 2.34. The molecule has 0 amide bonds. The van der Waals surface area contributed by atoms with Crippen molar-refractivity contribution >= 4 is 40.8 Å². The van der Waals surface area contributed by atoms with Crippen LogP contribution in [0.25, 0.3) is 0 Å². The molecule has 0 aromatic carbocycles. The molecule has 5 heteroatoms. The van der Waals surface area contributed by atoms with E-state index in [-0.39, 0.29) is 12.5 Å². The summed E-state index contributed by atoms with van der Waals surface area (Å²) in [7, 11) is 0. The van der Waals surface area contributed by atoms with E-state index in [1.807, 2.05) is 0 Å². The van der Waals surface area contributed by atoms with Gasteiger partial charge in [0.15, 0.2) is 0 Å². The van der Waals surface area contributed by atoms with Gasteiger partial charge < -0.3 is 4.74 Å². The molecule has 1 rings (SSSR count). The Morgan fingerprint density at radius 1 is 1.69 bits per heavy atom. The first-order valence-electron chi connectivity index (χ1n) is 5.09. The Bertz CT molecular complexity index is 325. The Morgan fingerprint density at radius 3 is 2.92 bits per heavy atom. The number of carbonyl (C=O) groups excluding carboxylic acids is 1. The third-order valence-corrected chi connectivity index (χ3v) is 1.81. The first kappa shape index (κ1) is 7.38. The number of carbonyl (C=O) groups is 1. The van der Waals surface area contributed by atoms with E-state index in [1.165, 1.54) is 6.08 Å². The molecule has 0 saturated heterocycles. The highest BCUT2D eigenvalue weighted by atomic mass is 35.6.